The number of hydrogen-bond acceptors (Lipinski definition) is 1. The fourth-order valence-corrected chi connectivity index (χ4v) is 1.69. The highest BCUT2D eigenvalue weighted by molar-refractivity contribution is 5.50. The summed E-state index contributed by atoms with van der Waals surface area (Å²) in [5.41, 5.74) is 2.56. The normalized spacial score (nSPS) is 17.9. The predicted molar refractivity (Wildman–Crippen MR) is 77.2 cm³/mol. The van der Waals surface area contributed by atoms with E-state index in [-0.39, 0.29) is 0 Å². The van der Waals surface area contributed by atoms with Crippen molar-refractivity contribution < 1.29 is 0 Å². The molecule has 0 N–H and O–H groups in total. The highest BCUT2D eigenvalue weighted by atomic mass is 15.1. The average molecular weight is 229 g/mol. The van der Waals surface area contributed by atoms with Crippen LogP contribution in [0.3, 0.4) is 0 Å². The van der Waals surface area contributed by atoms with Crippen LogP contribution in [-0.4, -0.2) is 7.05 Å². The van der Waals surface area contributed by atoms with Gasteiger partial charge in [0.05, 0.1) is 0 Å². The van der Waals surface area contributed by atoms with E-state index in [2.05, 4.69) is 61.4 Å². The molecule has 0 aromatic heterocycles. The smallest absolute Gasteiger partial charge is 0.0405 e. The molecule has 1 aromatic carbocycles. The van der Waals surface area contributed by atoms with E-state index in [1.807, 2.05) is 19.9 Å². The van der Waals surface area contributed by atoms with E-state index in [1.54, 1.807) is 0 Å². The molecule has 1 aliphatic rings. The molecule has 0 aliphatic heterocycles. The van der Waals surface area contributed by atoms with Crippen LogP contribution in [0.1, 0.15) is 27.2 Å². The van der Waals surface area contributed by atoms with Crippen LogP contribution in [0.25, 0.3) is 0 Å². The summed E-state index contributed by atoms with van der Waals surface area (Å²) >= 11 is 0. The van der Waals surface area contributed by atoms with Crippen molar-refractivity contribution in [3.63, 3.8) is 0 Å². The number of rotatable bonds is 3. The van der Waals surface area contributed by atoms with E-state index in [9.17, 15) is 0 Å². The Morgan fingerprint density at radius 3 is 2.29 bits per heavy atom. The van der Waals surface area contributed by atoms with Crippen LogP contribution < -0.4 is 4.90 Å². The molecule has 1 unspecified atom stereocenters. The second-order valence-electron chi connectivity index (χ2n) is 4.03. The number of anilines is 1. The van der Waals surface area contributed by atoms with E-state index in [1.165, 1.54) is 17.8 Å². The lowest BCUT2D eigenvalue weighted by atomic mass is 9.94. The van der Waals surface area contributed by atoms with Crippen LogP contribution in [0.4, 0.5) is 5.69 Å². The number of allylic oxidation sites excluding steroid dienone is 4. The molecule has 0 amide bonds. The maximum atomic E-state index is 2.33. The Hall–Kier alpha value is -1.50. The van der Waals surface area contributed by atoms with E-state index < -0.39 is 0 Å². The Bertz CT molecular complexity index is 376. The summed E-state index contributed by atoms with van der Waals surface area (Å²) in [6, 6.07) is 10.5. The first kappa shape index (κ1) is 13.6. The molecule has 0 bridgehead atoms. The second kappa shape index (κ2) is 6.95. The molecule has 2 rings (SSSR count). The first-order chi connectivity index (χ1) is 8.27. The van der Waals surface area contributed by atoms with Crippen molar-refractivity contribution in [1.82, 2.24) is 0 Å². The zero-order chi connectivity index (χ0) is 12.7. The Morgan fingerprint density at radius 1 is 1.24 bits per heavy atom. The molecule has 0 radical (unpaired) electrons. The summed E-state index contributed by atoms with van der Waals surface area (Å²) in [7, 11) is 2.11. The minimum Gasteiger partial charge on any atom is -0.349 e. The van der Waals surface area contributed by atoms with Gasteiger partial charge in [0, 0.05) is 24.4 Å². The summed E-state index contributed by atoms with van der Waals surface area (Å²) in [6.45, 7) is 6.17. The monoisotopic (exact) mass is 229 g/mol. The molecule has 0 saturated carbocycles. The summed E-state index contributed by atoms with van der Waals surface area (Å²) in [5, 5.41) is 0. The van der Waals surface area contributed by atoms with E-state index in [0.29, 0.717) is 5.92 Å². The van der Waals surface area contributed by atoms with Gasteiger partial charge < -0.3 is 4.90 Å². The van der Waals surface area contributed by atoms with Gasteiger partial charge in [-0.25, -0.2) is 0 Å². The number of nitrogens with zero attached hydrogens (tertiary/aromatic N) is 1. The summed E-state index contributed by atoms with van der Waals surface area (Å²) in [4.78, 5) is 2.23. The quantitative estimate of drug-likeness (QED) is 0.683. The molecule has 1 nitrogen and oxygen atoms in total. The van der Waals surface area contributed by atoms with E-state index in [0.717, 1.165) is 0 Å². The van der Waals surface area contributed by atoms with Crippen molar-refractivity contribution in [2.75, 3.05) is 11.9 Å². The fraction of sp³-hybridized carbons (Fsp3) is 0.375. The highest BCUT2D eigenvalue weighted by Crippen LogP contribution is 2.22. The molecule has 0 spiro atoms. The molecule has 0 fully saturated rings. The average Bonchev–Trinajstić information content (AvgIpc) is 2.36. The molecule has 1 atom stereocenters. The van der Waals surface area contributed by atoms with Crippen molar-refractivity contribution in [3.8, 4) is 0 Å². The second-order valence-corrected chi connectivity index (χ2v) is 4.03. The van der Waals surface area contributed by atoms with Gasteiger partial charge in [-0.15, -0.1) is 0 Å². The third kappa shape index (κ3) is 3.77. The molecule has 1 heteroatoms. The maximum Gasteiger partial charge on any atom is 0.0405 e. The van der Waals surface area contributed by atoms with Crippen molar-refractivity contribution >= 4 is 5.69 Å². The minimum absolute atomic E-state index is 0.649. The Morgan fingerprint density at radius 2 is 1.82 bits per heavy atom. The van der Waals surface area contributed by atoms with Gasteiger partial charge in [-0.2, -0.15) is 0 Å². The first-order valence-corrected chi connectivity index (χ1v) is 6.41. The lowest BCUT2D eigenvalue weighted by molar-refractivity contribution is 0.748. The van der Waals surface area contributed by atoms with Crippen LogP contribution in [-0.2, 0) is 0 Å². The molecule has 1 aliphatic carbocycles. The topological polar surface area (TPSA) is 3.24 Å². The van der Waals surface area contributed by atoms with E-state index >= 15 is 0 Å². The van der Waals surface area contributed by atoms with Crippen LogP contribution in [0.15, 0.2) is 54.3 Å². The van der Waals surface area contributed by atoms with Gasteiger partial charge in [-0.05, 0) is 25.5 Å². The Balaban J connectivity index is 0.000000686. The molecule has 1 aromatic rings. The zero-order valence-corrected chi connectivity index (χ0v) is 11.4. The predicted octanol–water partition coefficient (Wildman–Crippen LogP) is 4.63. The molecule has 92 valence electrons. The highest BCUT2D eigenvalue weighted by Gasteiger charge is 2.09. The van der Waals surface area contributed by atoms with Crippen molar-refractivity contribution in [3.05, 3.63) is 54.3 Å². The van der Waals surface area contributed by atoms with Crippen molar-refractivity contribution in [1.29, 1.82) is 0 Å². The largest absolute Gasteiger partial charge is 0.349 e. The number of para-hydroxylation sites is 1. The standard InChI is InChI=1S/C14H17N.C2H6/c1-12(11-13-7-6-8-13)15(2)14-9-4-3-5-10-14;1-2/h3-7,9-11,13H,8H2,1-2H3;1-2H3/b12-11-;. The Kier molecular flexibility index (Phi) is 5.55. The van der Waals surface area contributed by atoms with Crippen LogP contribution in [0.2, 0.25) is 0 Å². The lowest BCUT2D eigenvalue weighted by Gasteiger charge is -2.23. The van der Waals surface area contributed by atoms with Gasteiger partial charge in [-0.1, -0.05) is 50.3 Å². The van der Waals surface area contributed by atoms with Crippen molar-refractivity contribution in [2.45, 2.75) is 27.2 Å². The fourth-order valence-electron chi connectivity index (χ4n) is 1.69. The van der Waals surface area contributed by atoms with Gasteiger partial charge in [-0.3, -0.25) is 0 Å². The Labute approximate surface area is 105 Å². The SMILES string of the molecule is C/C(=C/C1C=CC1)N(C)c1ccccc1.CC. The van der Waals surface area contributed by atoms with Gasteiger partial charge >= 0.3 is 0 Å². The maximum absolute atomic E-state index is 2.33. The summed E-state index contributed by atoms with van der Waals surface area (Å²) < 4.78 is 0. The third-order valence-electron chi connectivity index (χ3n) is 2.92. The van der Waals surface area contributed by atoms with Gasteiger partial charge in [0.15, 0.2) is 0 Å². The van der Waals surface area contributed by atoms with Gasteiger partial charge in [0.25, 0.3) is 0 Å². The molecular formula is C16H23N. The summed E-state index contributed by atoms with van der Waals surface area (Å²) in [6.07, 6.45) is 7.99. The van der Waals surface area contributed by atoms with Crippen LogP contribution in [0, 0.1) is 5.92 Å². The van der Waals surface area contributed by atoms with Crippen LogP contribution in [0.5, 0.6) is 0 Å². The van der Waals surface area contributed by atoms with Crippen molar-refractivity contribution in [2.24, 2.45) is 5.92 Å². The minimum atomic E-state index is 0.649. The summed E-state index contributed by atoms with van der Waals surface area (Å²) in [5.74, 6) is 0.649. The zero-order valence-electron chi connectivity index (χ0n) is 11.4. The van der Waals surface area contributed by atoms with Gasteiger partial charge in [0.2, 0.25) is 0 Å². The molecule has 17 heavy (non-hydrogen) atoms. The molecular weight excluding hydrogens is 206 g/mol. The third-order valence-corrected chi connectivity index (χ3v) is 2.92. The lowest BCUT2D eigenvalue weighted by Crippen LogP contribution is -2.15. The first-order valence-electron chi connectivity index (χ1n) is 6.41. The molecule has 0 saturated heterocycles. The van der Waals surface area contributed by atoms with E-state index in [4.69, 9.17) is 0 Å². The van der Waals surface area contributed by atoms with Crippen LogP contribution >= 0.6 is 0 Å². The number of hydrogen-bond donors (Lipinski definition) is 0. The van der Waals surface area contributed by atoms with Gasteiger partial charge in [0.1, 0.15) is 0 Å². The molecule has 0 heterocycles. The number of benzene rings is 1.